The number of hydrogen-bond acceptors (Lipinski definition) is 5. The van der Waals surface area contributed by atoms with Crippen LogP contribution in [-0.4, -0.2) is 21.8 Å². The van der Waals surface area contributed by atoms with Crippen molar-refractivity contribution in [3.8, 4) is 0 Å². The van der Waals surface area contributed by atoms with Gasteiger partial charge >= 0.3 is 0 Å². The Hall–Kier alpha value is -4.59. The van der Waals surface area contributed by atoms with Crippen LogP contribution in [-0.2, 0) is 0 Å². The number of anilines is 3. The topological polar surface area (TPSA) is 125 Å². The molecular weight excluding hydrogens is 392 g/mol. The SMILES string of the molecule is C=C(NC(=O)c1ccc2ccccc2c1)Nc1cccc(C(=O)Nc2ncc[nH]2)c1N. The number of nitrogens with one attached hydrogen (secondary N) is 4. The van der Waals surface area contributed by atoms with E-state index in [0.717, 1.165) is 10.8 Å². The van der Waals surface area contributed by atoms with Crippen molar-refractivity contribution in [1.29, 1.82) is 0 Å². The number of imidazole rings is 1. The van der Waals surface area contributed by atoms with Crippen LogP contribution >= 0.6 is 0 Å². The maximum atomic E-state index is 12.6. The molecule has 0 saturated heterocycles. The number of carbonyl (C=O) groups is 2. The minimum Gasteiger partial charge on any atom is -0.396 e. The van der Waals surface area contributed by atoms with E-state index in [2.05, 4.69) is 32.5 Å². The van der Waals surface area contributed by atoms with Gasteiger partial charge in [0.25, 0.3) is 11.8 Å². The van der Waals surface area contributed by atoms with Crippen molar-refractivity contribution >= 4 is 39.9 Å². The minimum absolute atomic E-state index is 0.215. The molecule has 0 atom stereocenters. The zero-order chi connectivity index (χ0) is 21.8. The van der Waals surface area contributed by atoms with Gasteiger partial charge in [0.1, 0.15) is 5.82 Å². The molecule has 0 radical (unpaired) electrons. The lowest BCUT2D eigenvalue weighted by molar-refractivity contribution is 0.0965. The summed E-state index contributed by atoms with van der Waals surface area (Å²) in [6.45, 7) is 3.84. The van der Waals surface area contributed by atoms with Gasteiger partial charge in [-0.2, -0.15) is 0 Å². The first-order valence-corrected chi connectivity index (χ1v) is 9.46. The molecule has 0 unspecified atom stereocenters. The number of aromatic amines is 1. The Bertz CT molecular complexity index is 1280. The number of nitrogen functional groups attached to an aromatic ring is 1. The standard InChI is InChI=1S/C23H20N6O2/c1-14(28-21(30)17-10-9-15-5-2-3-6-16(15)13-17)27-19-8-4-7-18(20(19)24)22(31)29-23-25-11-12-26-23/h2-13,27H,1,24H2,(H,28,30)(H2,25,26,29,31). The van der Waals surface area contributed by atoms with E-state index in [9.17, 15) is 9.59 Å². The zero-order valence-electron chi connectivity index (χ0n) is 16.5. The Morgan fingerprint density at radius 3 is 2.52 bits per heavy atom. The summed E-state index contributed by atoms with van der Waals surface area (Å²) in [6.07, 6.45) is 3.12. The van der Waals surface area contributed by atoms with Gasteiger partial charge in [0.2, 0.25) is 5.95 Å². The predicted octanol–water partition coefficient (Wildman–Crippen LogP) is 3.71. The molecule has 8 nitrogen and oxygen atoms in total. The summed E-state index contributed by atoms with van der Waals surface area (Å²) in [4.78, 5) is 31.8. The van der Waals surface area contributed by atoms with Crippen LogP contribution in [0.1, 0.15) is 20.7 Å². The molecule has 0 bridgehead atoms. The molecule has 3 aromatic carbocycles. The lowest BCUT2D eigenvalue weighted by atomic mass is 10.1. The Kier molecular flexibility index (Phi) is 5.35. The number of fused-ring (bicyclic) bond motifs is 1. The van der Waals surface area contributed by atoms with E-state index < -0.39 is 5.91 Å². The lowest BCUT2D eigenvalue weighted by Crippen LogP contribution is -2.26. The Labute approximate surface area is 178 Å². The van der Waals surface area contributed by atoms with Gasteiger partial charge in [-0.3, -0.25) is 14.9 Å². The van der Waals surface area contributed by atoms with Gasteiger partial charge in [0.15, 0.2) is 0 Å². The quantitative estimate of drug-likeness (QED) is 0.309. The molecule has 154 valence electrons. The van der Waals surface area contributed by atoms with Crippen molar-refractivity contribution in [2.24, 2.45) is 0 Å². The molecule has 0 aliphatic rings. The summed E-state index contributed by atoms with van der Waals surface area (Å²) >= 11 is 0. The van der Waals surface area contributed by atoms with Crippen LogP contribution < -0.4 is 21.7 Å². The second-order valence-electron chi connectivity index (χ2n) is 6.78. The molecule has 0 aliphatic carbocycles. The highest BCUT2D eigenvalue weighted by Crippen LogP contribution is 2.24. The molecule has 4 aromatic rings. The largest absolute Gasteiger partial charge is 0.396 e. The second-order valence-corrected chi connectivity index (χ2v) is 6.78. The average Bonchev–Trinajstić information content (AvgIpc) is 3.27. The highest BCUT2D eigenvalue weighted by atomic mass is 16.2. The van der Waals surface area contributed by atoms with E-state index in [4.69, 9.17) is 5.73 Å². The number of rotatable bonds is 6. The third-order valence-electron chi connectivity index (χ3n) is 4.64. The molecule has 0 spiro atoms. The summed E-state index contributed by atoms with van der Waals surface area (Å²) in [6, 6.07) is 18.2. The minimum atomic E-state index is -0.415. The highest BCUT2D eigenvalue weighted by molar-refractivity contribution is 6.08. The third-order valence-corrected chi connectivity index (χ3v) is 4.64. The van der Waals surface area contributed by atoms with Gasteiger partial charge in [-0.25, -0.2) is 4.98 Å². The van der Waals surface area contributed by atoms with Crippen molar-refractivity contribution in [2.45, 2.75) is 0 Å². The van der Waals surface area contributed by atoms with Gasteiger partial charge in [0.05, 0.1) is 16.9 Å². The Morgan fingerprint density at radius 1 is 0.935 bits per heavy atom. The summed E-state index contributed by atoms with van der Waals surface area (Å²) in [5.74, 6) is -0.182. The summed E-state index contributed by atoms with van der Waals surface area (Å²) in [5, 5.41) is 10.3. The number of hydrogen-bond donors (Lipinski definition) is 5. The molecule has 1 aromatic heterocycles. The Morgan fingerprint density at radius 2 is 1.74 bits per heavy atom. The third kappa shape index (κ3) is 4.38. The zero-order valence-corrected chi connectivity index (χ0v) is 16.5. The van der Waals surface area contributed by atoms with Gasteiger partial charge in [0, 0.05) is 18.0 Å². The van der Waals surface area contributed by atoms with Crippen molar-refractivity contribution in [3.63, 3.8) is 0 Å². The van der Waals surface area contributed by atoms with Crippen LogP contribution in [0.4, 0.5) is 17.3 Å². The molecule has 0 saturated carbocycles. The number of benzene rings is 3. The average molecular weight is 412 g/mol. The van der Waals surface area contributed by atoms with E-state index in [-0.39, 0.29) is 23.0 Å². The maximum Gasteiger partial charge on any atom is 0.260 e. The smallest absolute Gasteiger partial charge is 0.260 e. The van der Waals surface area contributed by atoms with E-state index in [1.165, 1.54) is 6.20 Å². The number of para-hydroxylation sites is 1. The van der Waals surface area contributed by atoms with Gasteiger partial charge in [-0.15, -0.1) is 0 Å². The summed E-state index contributed by atoms with van der Waals surface area (Å²) in [5.41, 5.74) is 7.57. The Balaban J connectivity index is 1.45. The number of nitrogens with two attached hydrogens (primary N) is 1. The summed E-state index contributed by atoms with van der Waals surface area (Å²) in [7, 11) is 0. The van der Waals surface area contributed by atoms with Crippen LogP contribution in [0.15, 0.2) is 85.5 Å². The summed E-state index contributed by atoms with van der Waals surface area (Å²) < 4.78 is 0. The van der Waals surface area contributed by atoms with E-state index in [0.29, 0.717) is 17.2 Å². The predicted molar refractivity (Wildman–Crippen MR) is 122 cm³/mol. The molecule has 2 amide bonds. The van der Waals surface area contributed by atoms with Crippen LogP contribution in [0.25, 0.3) is 10.8 Å². The van der Waals surface area contributed by atoms with E-state index >= 15 is 0 Å². The fraction of sp³-hybridized carbons (Fsp3) is 0. The van der Waals surface area contributed by atoms with Crippen LogP contribution in [0.5, 0.6) is 0 Å². The fourth-order valence-electron chi connectivity index (χ4n) is 3.11. The molecule has 0 fully saturated rings. The molecular formula is C23H20N6O2. The maximum absolute atomic E-state index is 12.6. The van der Waals surface area contributed by atoms with E-state index in [1.54, 1.807) is 30.5 Å². The van der Waals surface area contributed by atoms with Gasteiger partial charge < -0.3 is 21.4 Å². The first-order chi connectivity index (χ1) is 15.0. The number of H-pyrrole nitrogens is 1. The number of nitrogens with zero attached hydrogens (tertiary/aromatic N) is 1. The van der Waals surface area contributed by atoms with Crippen molar-refractivity contribution in [2.75, 3.05) is 16.4 Å². The highest BCUT2D eigenvalue weighted by Gasteiger charge is 2.15. The second kappa shape index (κ2) is 8.42. The fourth-order valence-corrected chi connectivity index (χ4v) is 3.11. The number of carbonyl (C=O) groups excluding carboxylic acids is 2. The molecule has 8 heteroatoms. The monoisotopic (exact) mass is 412 g/mol. The van der Waals surface area contributed by atoms with E-state index in [1.807, 2.05) is 36.4 Å². The first kappa shape index (κ1) is 19.7. The number of aromatic nitrogens is 2. The molecule has 4 rings (SSSR count). The number of amides is 2. The van der Waals surface area contributed by atoms with Crippen LogP contribution in [0.2, 0.25) is 0 Å². The normalized spacial score (nSPS) is 10.5. The first-order valence-electron chi connectivity index (χ1n) is 9.46. The van der Waals surface area contributed by atoms with Crippen molar-refractivity contribution < 1.29 is 9.59 Å². The molecule has 6 N–H and O–H groups in total. The lowest BCUT2D eigenvalue weighted by Gasteiger charge is -2.15. The van der Waals surface area contributed by atoms with Crippen molar-refractivity contribution in [1.82, 2.24) is 15.3 Å². The molecule has 31 heavy (non-hydrogen) atoms. The van der Waals surface area contributed by atoms with Crippen molar-refractivity contribution in [3.05, 3.63) is 96.6 Å². The van der Waals surface area contributed by atoms with Crippen LogP contribution in [0.3, 0.4) is 0 Å². The molecule has 0 aliphatic heterocycles. The van der Waals surface area contributed by atoms with Gasteiger partial charge in [-0.1, -0.05) is 43.0 Å². The molecule has 1 heterocycles. The van der Waals surface area contributed by atoms with Gasteiger partial charge in [-0.05, 0) is 35.0 Å². The van der Waals surface area contributed by atoms with Crippen LogP contribution in [0, 0.1) is 0 Å².